The van der Waals surface area contributed by atoms with Crippen LogP contribution in [0.1, 0.15) is 10.4 Å². The molecule has 0 atom stereocenters. The summed E-state index contributed by atoms with van der Waals surface area (Å²) in [6, 6.07) is 11.6. The molecule has 0 aliphatic rings. The van der Waals surface area contributed by atoms with E-state index < -0.39 is 15.7 Å². The summed E-state index contributed by atoms with van der Waals surface area (Å²) in [5.74, 6) is -0.0729. The van der Waals surface area contributed by atoms with E-state index in [2.05, 4.69) is 10.3 Å². The Balaban J connectivity index is 1.66. The summed E-state index contributed by atoms with van der Waals surface area (Å²) in [4.78, 5) is 17.4. The molecule has 7 nitrogen and oxygen atoms in total. The Morgan fingerprint density at radius 3 is 2.60 bits per heavy atom. The highest BCUT2D eigenvalue weighted by atomic mass is 35.5. The van der Waals surface area contributed by atoms with Crippen LogP contribution in [0.3, 0.4) is 0 Å². The third-order valence-corrected chi connectivity index (χ3v) is 6.75. The number of anilines is 1. The molecule has 0 fully saturated rings. The zero-order valence-corrected chi connectivity index (χ0v) is 18.3. The predicted molar refractivity (Wildman–Crippen MR) is 118 cm³/mol. The van der Waals surface area contributed by atoms with Gasteiger partial charge in [-0.2, -0.15) is 0 Å². The fourth-order valence-electron chi connectivity index (χ4n) is 2.94. The minimum atomic E-state index is -3.33. The normalized spacial score (nSPS) is 11.6. The molecule has 0 bridgehead atoms. The molecule has 0 spiro atoms. The highest BCUT2D eigenvalue weighted by Crippen LogP contribution is 2.32. The van der Waals surface area contributed by atoms with Gasteiger partial charge in [0.2, 0.25) is 0 Å². The molecule has 2 aromatic carbocycles. The molecular formula is C20H16ClN3O4S2. The predicted octanol–water partition coefficient (Wildman–Crippen LogP) is 4.40. The molecule has 0 saturated heterocycles. The number of sulfone groups is 1. The fourth-order valence-corrected chi connectivity index (χ4v) is 4.82. The molecule has 1 amide bonds. The minimum Gasteiger partial charge on any atom is -0.496 e. The van der Waals surface area contributed by atoms with Crippen LogP contribution in [-0.2, 0) is 9.84 Å². The van der Waals surface area contributed by atoms with Crippen molar-refractivity contribution in [1.29, 1.82) is 0 Å². The Morgan fingerprint density at radius 2 is 1.93 bits per heavy atom. The second kappa shape index (κ2) is 7.75. The lowest BCUT2D eigenvalue weighted by atomic mass is 10.1. The molecule has 0 radical (unpaired) electrons. The number of thiazole rings is 1. The molecule has 4 aromatic rings. The molecule has 0 aliphatic heterocycles. The second-order valence-electron chi connectivity index (χ2n) is 6.47. The van der Waals surface area contributed by atoms with E-state index >= 15 is 0 Å². The average Bonchev–Trinajstić information content (AvgIpc) is 3.35. The van der Waals surface area contributed by atoms with Crippen molar-refractivity contribution in [1.82, 2.24) is 9.55 Å². The van der Waals surface area contributed by atoms with Gasteiger partial charge in [0.25, 0.3) is 5.91 Å². The number of rotatable bonds is 5. The Bertz CT molecular complexity index is 1360. The number of methoxy groups -OCH3 is 1. The van der Waals surface area contributed by atoms with Crippen molar-refractivity contribution in [3.8, 4) is 11.4 Å². The van der Waals surface area contributed by atoms with Gasteiger partial charge in [0.15, 0.2) is 15.0 Å². The van der Waals surface area contributed by atoms with Crippen LogP contribution in [-0.4, -0.2) is 37.2 Å². The largest absolute Gasteiger partial charge is 0.496 e. The van der Waals surface area contributed by atoms with Gasteiger partial charge in [0.1, 0.15) is 5.75 Å². The van der Waals surface area contributed by atoms with Crippen LogP contribution in [0.15, 0.2) is 59.8 Å². The summed E-state index contributed by atoms with van der Waals surface area (Å²) < 4.78 is 31.4. The van der Waals surface area contributed by atoms with Crippen molar-refractivity contribution in [3.05, 3.63) is 65.4 Å². The lowest BCUT2D eigenvalue weighted by Gasteiger charge is -2.13. The molecule has 0 unspecified atom stereocenters. The molecule has 30 heavy (non-hydrogen) atoms. The van der Waals surface area contributed by atoms with Crippen LogP contribution >= 0.6 is 22.9 Å². The monoisotopic (exact) mass is 461 g/mol. The van der Waals surface area contributed by atoms with Crippen molar-refractivity contribution < 1.29 is 17.9 Å². The summed E-state index contributed by atoms with van der Waals surface area (Å²) in [6.45, 7) is 0. The molecular weight excluding hydrogens is 446 g/mol. The van der Waals surface area contributed by atoms with E-state index in [9.17, 15) is 13.2 Å². The molecule has 4 rings (SSSR count). The number of benzene rings is 2. The number of nitrogens with zero attached hydrogens (tertiary/aromatic N) is 2. The number of fused-ring (bicyclic) bond motifs is 1. The summed E-state index contributed by atoms with van der Waals surface area (Å²) in [5.41, 5.74) is 1.54. The Kier molecular flexibility index (Phi) is 5.27. The average molecular weight is 462 g/mol. The number of carbonyl (C=O) groups is 1. The summed E-state index contributed by atoms with van der Waals surface area (Å²) >= 11 is 7.58. The van der Waals surface area contributed by atoms with E-state index in [4.69, 9.17) is 16.3 Å². The van der Waals surface area contributed by atoms with E-state index in [0.717, 1.165) is 6.26 Å². The van der Waals surface area contributed by atoms with Crippen LogP contribution in [0.5, 0.6) is 5.75 Å². The number of nitrogens with one attached hydrogen (secondary N) is 1. The first-order valence-electron chi connectivity index (χ1n) is 8.69. The van der Waals surface area contributed by atoms with Crippen LogP contribution in [0, 0.1) is 0 Å². The van der Waals surface area contributed by atoms with E-state index in [0.29, 0.717) is 31.8 Å². The number of hydrogen-bond donors (Lipinski definition) is 1. The smallest absolute Gasteiger partial charge is 0.261 e. The lowest BCUT2D eigenvalue weighted by Crippen LogP contribution is -2.13. The number of hydrogen-bond acceptors (Lipinski definition) is 6. The third kappa shape index (κ3) is 3.91. The summed E-state index contributed by atoms with van der Waals surface area (Å²) in [5, 5.41) is 3.46. The van der Waals surface area contributed by atoms with Crippen LogP contribution < -0.4 is 10.1 Å². The van der Waals surface area contributed by atoms with Crippen molar-refractivity contribution >= 4 is 54.0 Å². The van der Waals surface area contributed by atoms with Crippen molar-refractivity contribution in [2.45, 2.75) is 4.90 Å². The Labute approximate surface area is 181 Å². The van der Waals surface area contributed by atoms with E-state index in [1.54, 1.807) is 24.3 Å². The van der Waals surface area contributed by atoms with Gasteiger partial charge >= 0.3 is 0 Å². The molecule has 1 N–H and O–H groups in total. The first-order chi connectivity index (χ1) is 14.3. The van der Waals surface area contributed by atoms with Gasteiger partial charge < -0.3 is 9.30 Å². The van der Waals surface area contributed by atoms with Gasteiger partial charge in [-0.05, 0) is 36.4 Å². The number of carbonyl (C=O) groups excluding carboxylic acids is 1. The van der Waals surface area contributed by atoms with Crippen molar-refractivity contribution in [2.24, 2.45) is 0 Å². The maximum absolute atomic E-state index is 12.9. The Hall–Kier alpha value is -2.88. The minimum absolute atomic E-state index is 0.200. The standard InChI is InChI=1S/C20H16ClN3O4S2/c1-28-17-11-16(24-7-3-4-8-24)14(21)10-13(17)19(25)23-20-22-15-6-5-12(30(2,26)27)9-18(15)29-20/h3-11H,1-2H3,(H,22,23,25). The summed E-state index contributed by atoms with van der Waals surface area (Å²) in [7, 11) is -1.85. The number of amides is 1. The van der Waals surface area contributed by atoms with Gasteiger partial charge in [0, 0.05) is 24.7 Å². The van der Waals surface area contributed by atoms with Gasteiger partial charge in [-0.3, -0.25) is 10.1 Å². The van der Waals surface area contributed by atoms with E-state index in [-0.39, 0.29) is 10.5 Å². The van der Waals surface area contributed by atoms with Crippen LogP contribution in [0.25, 0.3) is 15.9 Å². The molecule has 154 valence electrons. The number of aromatic nitrogens is 2. The van der Waals surface area contributed by atoms with E-state index in [1.165, 1.54) is 24.5 Å². The van der Waals surface area contributed by atoms with Crippen LogP contribution in [0.2, 0.25) is 5.02 Å². The molecule has 2 heterocycles. The van der Waals surface area contributed by atoms with Gasteiger partial charge in [-0.1, -0.05) is 22.9 Å². The highest BCUT2D eigenvalue weighted by Gasteiger charge is 2.19. The number of ether oxygens (including phenoxy) is 1. The van der Waals surface area contributed by atoms with Crippen molar-refractivity contribution in [3.63, 3.8) is 0 Å². The SMILES string of the molecule is COc1cc(-n2cccc2)c(Cl)cc1C(=O)Nc1nc2ccc(S(C)(=O)=O)cc2s1. The zero-order valence-electron chi connectivity index (χ0n) is 15.9. The van der Waals surface area contributed by atoms with E-state index in [1.807, 2.05) is 29.1 Å². The van der Waals surface area contributed by atoms with Gasteiger partial charge in [-0.15, -0.1) is 0 Å². The molecule has 2 aromatic heterocycles. The summed E-state index contributed by atoms with van der Waals surface area (Å²) in [6.07, 6.45) is 4.82. The zero-order chi connectivity index (χ0) is 21.5. The van der Waals surface area contributed by atoms with Gasteiger partial charge in [-0.25, -0.2) is 13.4 Å². The molecule has 10 heteroatoms. The molecule has 0 aliphatic carbocycles. The van der Waals surface area contributed by atoms with Gasteiger partial charge in [0.05, 0.1) is 38.5 Å². The topological polar surface area (TPSA) is 90.3 Å². The maximum Gasteiger partial charge on any atom is 0.261 e. The first kappa shape index (κ1) is 20.4. The Morgan fingerprint density at radius 1 is 1.20 bits per heavy atom. The van der Waals surface area contributed by atoms with Crippen molar-refractivity contribution in [2.75, 3.05) is 18.7 Å². The highest BCUT2D eigenvalue weighted by molar-refractivity contribution is 7.90. The lowest BCUT2D eigenvalue weighted by molar-refractivity contribution is 0.102. The van der Waals surface area contributed by atoms with Crippen LogP contribution in [0.4, 0.5) is 5.13 Å². The number of halogens is 1. The first-order valence-corrected chi connectivity index (χ1v) is 11.8. The third-order valence-electron chi connectivity index (χ3n) is 4.40. The quantitative estimate of drug-likeness (QED) is 0.475. The second-order valence-corrected chi connectivity index (χ2v) is 9.92. The molecule has 0 saturated carbocycles. The fraction of sp³-hybridized carbons (Fsp3) is 0.100. The maximum atomic E-state index is 12.9.